The van der Waals surface area contributed by atoms with Crippen LogP contribution < -0.4 is 0 Å². The third kappa shape index (κ3) is 4.72. The summed E-state index contributed by atoms with van der Waals surface area (Å²) in [6, 6.07) is 9.06. The van der Waals surface area contributed by atoms with Crippen molar-refractivity contribution < 1.29 is 26.7 Å². The zero-order valence-electron chi connectivity index (χ0n) is 18.5. The minimum absolute atomic E-state index is 0.0272. The van der Waals surface area contributed by atoms with E-state index >= 15 is 0 Å². The van der Waals surface area contributed by atoms with Crippen molar-refractivity contribution in [1.82, 2.24) is 13.9 Å². The molecular weight excluding hydrogens is 484 g/mol. The number of ether oxygens (including phenoxy) is 2. The van der Waals surface area contributed by atoms with Gasteiger partial charge in [-0.2, -0.15) is 4.31 Å². The molecule has 2 aliphatic heterocycles. The fourth-order valence-corrected chi connectivity index (χ4v) is 6.69. The molecule has 0 spiro atoms. The van der Waals surface area contributed by atoms with Gasteiger partial charge in [0, 0.05) is 31.0 Å². The summed E-state index contributed by atoms with van der Waals surface area (Å²) in [7, 11) is -3.66. The van der Waals surface area contributed by atoms with Gasteiger partial charge in [0.1, 0.15) is 0 Å². The first-order valence-corrected chi connectivity index (χ1v) is 13.6. The van der Waals surface area contributed by atoms with Crippen molar-refractivity contribution in [3.63, 3.8) is 0 Å². The molecule has 0 radical (unpaired) electrons. The van der Waals surface area contributed by atoms with Crippen LogP contribution in [0, 0.1) is 11.6 Å². The number of hydrogen-bond acceptors (Lipinski definition) is 6. The van der Waals surface area contributed by atoms with E-state index in [9.17, 15) is 17.2 Å². The summed E-state index contributed by atoms with van der Waals surface area (Å²) in [5, 5.41) is 0.607. The van der Waals surface area contributed by atoms with Crippen LogP contribution in [0.3, 0.4) is 0 Å². The molecule has 0 amide bonds. The lowest BCUT2D eigenvalue weighted by Crippen LogP contribution is -2.40. The third-order valence-corrected chi connectivity index (χ3v) is 9.01. The molecule has 182 valence electrons. The first kappa shape index (κ1) is 23.7. The topological polar surface area (TPSA) is 73.7 Å². The summed E-state index contributed by atoms with van der Waals surface area (Å²) >= 11 is 1.29. The Bertz CT molecular complexity index is 1290. The Morgan fingerprint density at radius 1 is 1.12 bits per heavy atom. The predicted octanol–water partition coefficient (Wildman–Crippen LogP) is 3.81. The van der Waals surface area contributed by atoms with Gasteiger partial charge in [0.05, 0.1) is 41.8 Å². The second-order valence-corrected chi connectivity index (χ2v) is 11.2. The highest BCUT2D eigenvalue weighted by Gasteiger charge is 2.28. The Labute approximate surface area is 201 Å². The summed E-state index contributed by atoms with van der Waals surface area (Å²) in [5.41, 5.74) is 1.56. The van der Waals surface area contributed by atoms with Crippen LogP contribution >= 0.6 is 11.8 Å². The Morgan fingerprint density at radius 3 is 2.71 bits per heavy atom. The molecule has 7 nitrogen and oxygen atoms in total. The lowest BCUT2D eigenvalue weighted by atomic mass is 10.2. The van der Waals surface area contributed by atoms with Crippen LogP contribution in [0.2, 0.25) is 0 Å². The standard InChI is InChI=1S/C23H25F2N3O4S2/c24-19-5-1-3-16(22(19)25)15-33-23-26-20-13-18(34(29,30)27-8-11-31-12-9-27)6-7-21(20)28(23)14-17-4-2-10-32-17/h1,3,5-7,13,17H,2,4,8-12,14-15H2. The van der Waals surface area contributed by atoms with Crippen molar-refractivity contribution in [3.05, 3.63) is 53.6 Å². The van der Waals surface area contributed by atoms with Gasteiger partial charge >= 0.3 is 0 Å². The Balaban J connectivity index is 1.48. The van der Waals surface area contributed by atoms with Crippen LogP contribution in [0.1, 0.15) is 18.4 Å². The lowest BCUT2D eigenvalue weighted by Gasteiger charge is -2.26. The number of aromatic nitrogens is 2. The van der Waals surface area contributed by atoms with Crippen molar-refractivity contribution in [2.24, 2.45) is 0 Å². The summed E-state index contributed by atoms with van der Waals surface area (Å²) in [6.45, 7) is 2.63. The molecular formula is C23H25F2N3O4S2. The molecule has 1 atom stereocenters. The quantitative estimate of drug-likeness (QED) is 0.451. The number of halogens is 2. The van der Waals surface area contributed by atoms with Crippen molar-refractivity contribution in [3.8, 4) is 0 Å². The molecule has 1 aromatic heterocycles. The second kappa shape index (κ2) is 9.90. The molecule has 0 saturated carbocycles. The molecule has 3 heterocycles. The normalized spacial score (nSPS) is 19.8. The third-order valence-electron chi connectivity index (χ3n) is 6.09. The molecule has 0 aliphatic carbocycles. The van der Waals surface area contributed by atoms with Crippen LogP contribution in [0.5, 0.6) is 0 Å². The van der Waals surface area contributed by atoms with Gasteiger partial charge in [-0.3, -0.25) is 0 Å². The highest BCUT2D eigenvalue weighted by atomic mass is 32.2. The van der Waals surface area contributed by atoms with Crippen LogP contribution in [0.15, 0.2) is 46.5 Å². The number of rotatable bonds is 7. The molecule has 2 fully saturated rings. The van der Waals surface area contributed by atoms with E-state index in [-0.39, 0.29) is 22.3 Å². The first-order valence-electron chi connectivity index (χ1n) is 11.2. The molecule has 3 aromatic rings. The Hall–Kier alpha value is -2.05. The summed E-state index contributed by atoms with van der Waals surface area (Å²) in [4.78, 5) is 4.86. The molecule has 5 rings (SSSR count). The SMILES string of the molecule is O=S(=O)(c1ccc2c(c1)nc(SCc1cccc(F)c1F)n2CC1CCCO1)N1CCOCC1. The van der Waals surface area contributed by atoms with E-state index in [1.807, 2.05) is 4.57 Å². The lowest BCUT2D eigenvalue weighted by molar-refractivity contribution is 0.0730. The van der Waals surface area contributed by atoms with Gasteiger partial charge in [-0.25, -0.2) is 22.2 Å². The average Bonchev–Trinajstić information content (AvgIpc) is 3.48. The first-order chi connectivity index (χ1) is 16.4. The number of sulfonamides is 1. The Kier molecular flexibility index (Phi) is 6.90. The zero-order valence-corrected chi connectivity index (χ0v) is 20.1. The highest BCUT2D eigenvalue weighted by molar-refractivity contribution is 7.98. The van der Waals surface area contributed by atoms with Crippen molar-refractivity contribution in [2.45, 2.75) is 41.3 Å². The van der Waals surface area contributed by atoms with E-state index in [4.69, 9.17) is 9.47 Å². The van der Waals surface area contributed by atoms with Gasteiger partial charge in [-0.15, -0.1) is 0 Å². The Morgan fingerprint density at radius 2 is 1.94 bits per heavy atom. The molecule has 1 unspecified atom stereocenters. The fraction of sp³-hybridized carbons (Fsp3) is 0.435. The van der Waals surface area contributed by atoms with E-state index in [1.165, 1.54) is 22.1 Å². The van der Waals surface area contributed by atoms with E-state index in [0.29, 0.717) is 50.1 Å². The van der Waals surface area contributed by atoms with Crippen LogP contribution in [-0.4, -0.2) is 61.3 Å². The number of morpholine rings is 1. The highest BCUT2D eigenvalue weighted by Crippen LogP contribution is 2.31. The van der Waals surface area contributed by atoms with Crippen molar-refractivity contribution in [1.29, 1.82) is 0 Å². The van der Waals surface area contributed by atoms with Crippen LogP contribution in [-0.2, 0) is 31.8 Å². The number of nitrogens with zero attached hydrogens (tertiary/aromatic N) is 3. The van der Waals surface area contributed by atoms with Gasteiger partial charge in [0.25, 0.3) is 0 Å². The number of fused-ring (bicyclic) bond motifs is 1. The molecule has 2 aromatic carbocycles. The van der Waals surface area contributed by atoms with Gasteiger partial charge in [0.2, 0.25) is 10.0 Å². The zero-order chi connectivity index (χ0) is 23.7. The van der Waals surface area contributed by atoms with E-state index in [2.05, 4.69) is 4.98 Å². The van der Waals surface area contributed by atoms with Crippen LogP contribution in [0.4, 0.5) is 8.78 Å². The van der Waals surface area contributed by atoms with Gasteiger partial charge in [0.15, 0.2) is 16.8 Å². The minimum atomic E-state index is -3.66. The predicted molar refractivity (Wildman–Crippen MR) is 124 cm³/mol. The summed E-state index contributed by atoms with van der Waals surface area (Å²) < 4.78 is 68.5. The second-order valence-electron chi connectivity index (χ2n) is 8.31. The molecule has 11 heteroatoms. The number of benzene rings is 2. The van der Waals surface area contributed by atoms with E-state index in [1.54, 1.807) is 24.3 Å². The molecule has 0 N–H and O–H groups in total. The average molecular weight is 510 g/mol. The maximum atomic E-state index is 14.2. The molecule has 2 aliphatic rings. The number of hydrogen-bond donors (Lipinski definition) is 0. The summed E-state index contributed by atoms with van der Waals surface area (Å²) in [6.07, 6.45) is 1.93. The van der Waals surface area contributed by atoms with Crippen LogP contribution in [0.25, 0.3) is 11.0 Å². The monoisotopic (exact) mass is 509 g/mol. The van der Waals surface area contributed by atoms with Crippen molar-refractivity contribution in [2.75, 3.05) is 32.9 Å². The maximum absolute atomic E-state index is 14.2. The molecule has 34 heavy (non-hydrogen) atoms. The number of imidazole rings is 1. The largest absolute Gasteiger partial charge is 0.379 e. The molecule has 2 saturated heterocycles. The van der Waals surface area contributed by atoms with Gasteiger partial charge < -0.3 is 14.0 Å². The molecule has 0 bridgehead atoms. The summed E-state index contributed by atoms with van der Waals surface area (Å²) in [5.74, 6) is -1.56. The van der Waals surface area contributed by atoms with Gasteiger partial charge in [-0.1, -0.05) is 23.9 Å². The fourth-order valence-electron chi connectivity index (χ4n) is 4.26. The smallest absolute Gasteiger partial charge is 0.243 e. The van der Waals surface area contributed by atoms with Gasteiger partial charge in [-0.05, 0) is 37.1 Å². The minimum Gasteiger partial charge on any atom is -0.379 e. The van der Waals surface area contributed by atoms with E-state index < -0.39 is 21.7 Å². The maximum Gasteiger partial charge on any atom is 0.243 e. The van der Waals surface area contributed by atoms with E-state index in [0.717, 1.165) is 24.4 Å². The number of thioether (sulfide) groups is 1. The van der Waals surface area contributed by atoms with Crippen molar-refractivity contribution >= 4 is 32.8 Å².